The van der Waals surface area contributed by atoms with Crippen molar-refractivity contribution in [2.24, 2.45) is 5.73 Å². The van der Waals surface area contributed by atoms with Crippen molar-refractivity contribution in [1.29, 1.82) is 0 Å². The number of nitrogens with zero attached hydrogens (tertiary/aromatic N) is 1. The summed E-state index contributed by atoms with van der Waals surface area (Å²) < 4.78 is 16.1. The molecule has 1 aliphatic heterocycles. The molecule has 1 aromatic rings. The van der Waals surface area contributed by atoms with E-state index in [1.54, 1.807) is 21.3 Å². The van der Waals surface area contributed by atoms with Crippen LogP contribution >= 0.6 is 0 Å². The molecular formula is C15H24N2O3. The lowest BCUT2D eigenvalue weighted by molar-refractivity contribution is 0.201. The summed E-state index contributed by atoms with van der Waals surface area (Å²) in [6.45, 7) is 2.88. The first kappa shape index (κ1) is 14.9. The summed E-state index contributed by atoms with van der Waals surface area (Å²) in [7, 11) is 4.89. The molecule has 0 aromatic heterocycles. The number of likely N-dealkylation sites (tertiary alicyclic amines) is 1. The van der Waals surface area contributed by atoms with Gasteiger partial charge in [0.1, 0.15) is 0 Å². The van der Waals surface area contributed by atoms with Crippen LogP contribution in [0.1, 0.15) is 18.4 Å². The number of rotatable bonds is 5. The molecule has 0 unspecified atom stereocenters. The fourth-order valence-corrected chi connectivity index (χ4v) is 2.72. The zero-order valence-electron chi connectivity index (χ0n) is 12.5. The Morgan fingerprint density at radius 2 is 1.80 bits per heavy atom. The van der Waals surface area contributed by atoms with Crippen LogP contribution in [0.15, 0.2) is 12.1 Å². The summed E-state index contributed by atoms with van der Waals surface area (Å²) in [5.41, 5.74) is 7.17. The van der Waals surface area contributed by atoms with Gasteiger partial charge in [0, 0.05) is 19.1 Å². The molecule has 2 N–H and O–H groups in total. The molecule has 0 spiro atoms. The van der Waals surface area contributed by atoms with Crippen molar-refractivity contribution in [2.75, 3.05) is 34.4 Å². The summed E-state index contributed by atoms with van der Waals surface area (Å²) in [6.07, 6.45) is 2.28. The van der Waals surface area contributed by atoms with Crippen LogP contribution in [0.5, 0.6) is 17.2 Å². The normalized spacial score (nSPS) is 19.7. The van der Waals surface area contributed by atoms with Gasteiger partial charge in [0.2, 0.25) is 5.75 Å². The largest absolute Gasteiger partial charge is 0.493 e. The first-order valence-corrected chi connectivity index (χ1v) is 6.94. The van der Waals surface area contributed by atoms with Crippen LogP contribution in [0, 0.1) is 0 Å². The highest BCUT2D eigenvalue weighted by molar-refractivity contribution is 5.53. The number of hydrogen-bond donors (Lipinski definition) is 1. The fraction of sp³-hybridized carbons (Fsp3) is 0.600. The standard InChI is InChI=1S/C15H24N2O3/c1-18-13-7-11(8-14(19-2)15(13)20-3)9-17-6-4-5-12(16)10-17/h7-8,12H,4-6,9-10,16H2,1-3H3/t12-/m0/s1. The molecule has 0 saturated carbocycles. The highest BCUT2D eigenvalue weighted by Gasteiger charge is 2.19. The number of hydrogen-bond acceptors (Lipinski definition) is 5. The van der Waals surface area contributed by atoms with Gasteiger partial charge in [0.15, 0.2) is 11.5 Å². The van der Waals surface area contributed by atoms with Gasteiger partial charge in [-0.25, -0.2) is 0 Å². The van der Waals surface area contributed by atoms with Gasteiger partial charge >= 0.3 is 0 Å². The summed E-state index contributed by atoms with van der Waals surface area (Å²) in [5.74, 6) is 2.03. The van der Waals surface area contributed by atoms with Crippen molar-refractivity contribution in [1.82, 2.24) is 4.90 Å². The number of nitrogens with two attached hydrogens (primary N) is 1. The van der Waals surface area contributed by atoms with E-state index in [-0.39, 0.29) is 6.04 Å². The van der Waals surface area contributed by atoms with Crippen LogP contribution in [-0.2, 0) is 6.54 Å². The van der Waals surface area contributed by atoms with E-state index in [1.165, 1.54) is 0 Å². The molecule has 112 valence electrons. The van der Waals surface area contributed by atoms with Gasteiger partial charge in [-0.3, -0.25) is 4.90 Å². The van der Waals surface area contributed by atoms with E-state index in [0.29, 0.717) is 17.2 Å². The quantitative estimate of drug-likeness (QED) is 0.888. The smallest absolute Gasteiger partial charge is 0.203 e. The van der Waals surface area contributed by atoms with Crippen molar-refractivity contribution in [2.45, 2.75) is 25.4 Å². The molecule has 0 bridgehead atoms. The molecule has 0 radical (unpaired) electrons. The maximum absolute atomic E-state index is 6.03. The zero-order chi connectivity index (χ0) is 14.5. The lowest BCUT2D eigenvalue weighted by atomic mass is 10.1. The Morgan fingerprint density at radius 1 is 1.15 bits per heavy atom. The van der Waals surface area contributed by atoms with Crippen molar-refractivity contribution in [3.05, 3.63) is 17.7 Å². The molecule has 20 heavy (non-hydrogen) atoms. The van der Waals surface area contributed by atoms with Crippen LogP contribution < -0.4 is 19.9 Å². The van der Waals surface area contributed by atoms with Crippen molar-refractivity contribution >= 4 is 0 Å². The minimum atomic E-state index is 0.283. The summed E-state index contributed by atoms with van der Waals surface area (Å²) in [5, 5.41) is 0. The molecule has 5 heteroatoms. The maximum atomic E-state index is 6.03. The molecule has 2 rings (SSSR count). The summed E-state index contributed by atoms with van der Waals surface area (Å²) in [4.78, 5) is 2.37. The monoisotopic (exact) mass is 280 g/mol. The van der Waals surface area contributed by atoms with Crippen LogP contribution in [0.25, 0.3) is 0 Å². The second-order valence-electron chi connectivity index (χ2n) is 5.17. The van der Waals surface area contributed by atoms with Gasteiger partial charge in [0.25, 0.3) is 0 Å². The zero-order valence-corrected chi connectivity index (χ0v) is 12.5. The summed E-state index contributed by atoms with van der Waals surface area (Å²) in [6, 6.07) is 4.29. The van der Waals surface area contributed by atoms with E-state index >= 15 is 0 Å². The number of piperidine rings is 1. The number of methoxy groups -OCH3 is 3. The summed E-state index contributed by atoms with van der Waals surface area (Å²) >= 11 is 0. The third kappa shape index (κ3) is 3.35. The molecule has 0 amide bonds. The molecule has 1 atom stereocenters. The molecule has 1 aromatic carbocycles. The third-order valence-corrected chi connectivity index (χ3v) is 3.67. The van der Waals surface area contributed by atoms with E-state index in [4.69, 9.17) is 19.9 Å². The minimum absolute atomic E-state index is 0.283. The van der Waals surface area contributed by atoms with E-state index in [1.807, 2.05) is 12.1 Å². The van der Waals surface area contributed by atoms with Crippen LogP contribution in [0.3, 0.4) is 0 Å². The minimum Gasteiger partial charge on any atom is -0.493 e. The SMILES string of the molecule is COc1cc(CN2CCC[C@H](N)C2)cc(OC)c1OC. The molecule has 1 aliphatic rings. The van der Waals surface area contributed by atoms with E-state index in [2.05, 4.69) is 4.90 Å². The van der Waals surface area contributed by atoms with Gasteiger partial charge in [-0.05, 0) is 37.1 Å². The lowest BCUT2D eigenvalue weighted by Crippen LogP contribution is -2.42. The van der Waals surface area contributed by atoms with Gasteiger partial charge in [-0.2, -0.15) is 0 Å². The Morgan fingerprint density at radius 3 is 2.30 bits per heavy atom. The second-order valence-corrected chi connectivity index (χ2v) is 5.17. The average Bonchev–Trinajstić information content (AvgIpc) is 2.46. The fourth-order valence-electron chi connectivity index (χ4n) is 2.72. The first-order valence-electron chi connectivity index (χ1n) is 6.94. The Bertz CT molecular complexity index is 426. The maximum Gasteiger partial charge on any atom is 0.203 e. The van der Waals surface area contributed by atoms with Crippen LogP contribution in [0.2, 0.25) is 0 Å². The average molecular weight is 280 g/mol. The third-order valence-electron chi connectivity index (χ3n) is 3.67. The molecular weight excluding hydrogens is 256 g/mol. The van der Waals surface area contributed by atoms with E-state index in [9.17, 15) is 0 Å². The Labute approximate surface area is 120 Å². The van der Waals surface area contributed by atoms with Gasteiger partial charge in [0.05, 0.1) is 21.3 Å². The number of benzene rings is 1. The van der Waals surface area contributed by atoms with E-state index in [0.717, 1.165) is 38.0 Å². The first-order chi connectivity index (χ1) is 9.67. The van der Waals surface area contributed by atoms with E-state index < -0.39 is 0 Å². The highest BCUT2D eigenvalue weighted by Crippen LogP contribution is 2.38. The Kier molecular flexibility index (Phi) is 5.09. The van der Waals surface area contributed by atoms with Crippen LogP contribution in [0.4, 0.5) is 0 Å². The molecule has 1 fully saturated rings. The predicted octanol–water partition coefficient (Wildman–Crippen LogP) is 1.64. The lowest BCUT2D eigenvalue weighted by Gasteiger charge is -2.30. The highest BCUT2D eigenvalue weighted by atomic mass is 16.5. The van der Waals surface area contributed by atoms with Gasteiger partial charge < -0.3 is 19.9 Å². The molecule has 1 heterocycles. The molecule has 0 aliphatic carbocycles. The van der Waals surface area contributed by atoms with Gasteiger partial charge in [-0.1, -0.05) is 0 Å². The van der Waals surface area contributed by atoms with Gasteiger partial charge in [-0.15, -0.1) is 0 Å². The topological polar surface area (TPSA) is 57.0 Å². The molecule has 5 nitrogen and oxygen atoms in total. The van der Waals surface area contributed by atoms with Crippen molar-refractivity contribution in [3.63, 3.8) is 0 Å². The second kappa shape index (κ2) is 6.81. The van der Waals surface area contributed by atoms with Crippen LogP contribution in [-0.4, -0.2) is 45.4 Å². The molecule has 1 saturated heterocycles. The Balaban J connectivity index is 2.19. The van der Waals surface area contributed by atoms with Crippen molar-refractivity contribution < 1.29 is 14.2 Å². The van der Waals surface area contributed by atoms with Crippen molar-refractivity contribution in [3.8, 4) is 17.2 Å². The predicted molar refractivity (Wildman–Crippen MR) is 78.6 cm³/mol. The number of ether oxygens (including phenoxy) is 3. The Hall–Kier alpha value is -1.46.